The molecule has 1 aliphatic heterocycles. The van der Waals surface area contributed by atoms with Crippen LogP contribution in [0.4, 0.5) is 0 Å². The van der Waals surface area contributed by atoms with Crippen molar-refractivity contribution in [1.29, 1.82) is 5.26 Å². The quantitative estimate of drug-likeness (QED) is 0.785. The number of ether oxygens (including phenoxy) is 3. The molecule has 0 atom stereocenters. The Hall–Kier alpha value is -3.11. The number of hydrogen-bond acceptors (Lipinski definition) is 4. The molecule has 2 aromatic rings. The van der Waals surface area contributed by atoms with Gasteiger partial charge in [0.15, 0.2) is 18.1 Å². The SMILES string of the molecule is CC1(C)COc2ccc(C#Cc3ccc(OCC#N)cc3)cc2OC1. The maximum absolute atomic E-state index is 8.51. The van der Waals surface area contributed by atoms with Gasteiger partial charge in [0.25, 0.3) is 0 Å². The predicted octanol–water partition coefficient (Wildman–Crippen LogP) is 3.79. The van der Waals surface area contributed by atoms with Gasteiger partial charge >= 0.3 is 0 Å². The molecule has 25 heavy (non-hydrogen) atoms. The van der Waals surface area contributed by atoms with Crippen molar-refractivity contribution in [2.45, 2.75) is 13.8 Å². The highest BCUT2D eigenvalue weighted by molar-refractivity contribution is 5.51. The highest BCUT2D eigenvalue weighted by Crippen LogP contribution is 2.34. The summed E-state index contributed by atoms with van der Waals surface area (Å²) in [7, 11) is 0. The normalized spacial score (nSPS) is 14.4. The summed E-state index contributed by atoms with van der Waals surface area (Å²) in [6.07, 6.45) is 0. The third-order valence-electron chi connectivity index (χ3n) is 3.69. The zero-order chi connectivity index (χ0) is 17.7. The molecular weight excluding hydrogens is 314 g/mol. The van der Waals surface area contributed by atoms with Crippen LogP contribution in [-0.2, 0) is 0 Å². The fraction of sp³-hybridized carbons (Fsp3) is 0.286. The minimum Gasteiger partial charge on any atom is -0.489 e. The summed E-state index contributed by atoms with van der Waals surface area (Å²) in [5, 5.41) is 8.51. The van der Waals surface area contributed by atoms with Crippen molar-refractivity contribution in [3.8, 4) is 35.2 Å². The molecule has 0 amide bonds. The van der Waals surface area contributed by atoms with Gasteiger partial charge in [-0.25, -0.2) is 0 Å². The lowest BCUT2D eigenvalue weighted by molar-refractivity contribution is 0.140. The van der Waals surface area contributed by atoms with E-state index in [-0.39, 0.29) is 12.0 Å². The molecule has 1 aliphatic rings. The van der Waals surface area contributed by atoms with E-state index in [2.05, 4.69) is 25.7 Å². The van der Waals surface area contributed by atoms with E-state index in [1.807, 2.05) is 36.4 Å². The van der Waals surface area contributed by atoms with Crippen LogP contribution in [0.25, 0.3) is 0 Å². The second kappa shape index (κ2) is 7.20. The fourth-order valence-corrected chi connectivity index (χ4v) is 2.30. The third-order valence-corrected chi connectivity index (χ3v) is 3.69. The van der Waals surface area contributed by atoms with Gasteiger partial charge in [-0.3, -0.25) is 0 Å². The van der Waals surface area contributed by atoms with Crippen molar-refractivity contribution in [2.75, 3.05) is 19.8 Å². The van der Waals surface area contributed by atoms with Gasteiger partial charge in [0.1, 0.15) is 11.8 Å². The molecule has 126 valence electrons. The van der Waals surface area contributed by atoms with Crippen LogP contribution in [0.1, 0.15) is 25.0 Å². The summed E-state index contributed by atoms with van der Waals surface area (Å²) in [6.45, 7) is 5.51. The number of benzene rings is 2. The first kappa shape index (κ1) is 16.7. The predicted molar refractivity (Wildman–Crippen MR) is 94.7 cm³/mol. The van der Waals surface area contributed by atoms with Crippen LogP contribution in [0.2, 0.25) is 0 Å². The maximum Gasteiger partial charge on any atom is 0.174 e. The Morgan fingerprint density at radius 1 is 0.960 bits per heavy atom. The summed E-state index contributed by atoms with van der Waals surface area (Å²) >= 11 is 0. The molecule has 0 radical (unpaired) electrons. The van der Waals surface area contributed by atoms with E-state index in [9.17, 15) is 0 Å². The maximum atomic E-state index is 8.51. The third kappa shape index (κ3) is 4.46. The minimum absolute atomic E-state index is 0.0137. The molecule has 0 aliphatic carbocycles. The van der Waals surface area contributed by atoms with Crippen LogP contribution < -0.4 is 14.2 Å². The molecule has 0 spiro atoms. The van der Waals surface area contributed by atoms with Crippen LogP contribution in [0.3, 0.4) is 0 Å². The van der Waals surface area contributed by atoms with E-state index in [4.69, 9.17) is 19.5 Å². The van der Waals surface area contributed by atoms with Crippen molar-refractivity contribution in [3.63, 3.8) is 0 Å². The Morgan fingerprint density at radius 3 is 2.32 bits per heavy atom. The van der Waals surface area contributed by atoms with E-state index in [0.29, 0.717) is 19.0 Å². The fourth-order valence-electron chi connectivity index (χ4n) is 2.30. The summed E-state index contributed by atoms with van der Waals surface area (Å²) in [6, 6.07) is 15.0. The summed E-state index contributed by atoms with van der Waals surface area (Å²) in [5.41, 5.74) is 1.73. The van der Waals surface area contributed by atoms with Crippen LogP contribution in [0.5, 0.6) is 17.2 Å². The number of fused-ring (bicyclic) bond motifs is 1. The molecule has 4 heteroatoms. The number of rotatable bonds is 2. The molecule has 0 N–H and O–H groups in total. The lowest BCUT2D eigenvalue weighted by Crippen LogP contribution is -2.26. The van der Waals surface area contributed by atoms with Gasteiger partial charge in [-0.15, -0.1) is 0 Å². The average Bonchev–Trinajstić information content (AvgIpc) is 2.77. The Balaban J connectivity index is 1.74. The molecule has 3 rings (SSSR count). The number of hydrogen-bond donors (Lipinski definition) is 0. The Bertz CT molecular complexity index is 851. The smallest absolute Gasteiger partial charge is 0.174 e. The first-order valence-electron chi connectivity index (χ1n) is 8.07. The largest absolute Gasteiger partial charge is 0.489 e. The molecule has 2 aromatic carbocycles. The van der Waals surface area contributed by atoms with Crippen molar-refractivity contribution >= 4 is 0 Å². The van der Waals surface area contributed by atoms with Crippen LogP contribution in [0.15, 0.2) is 42.5 Å². The lowest BCUT2D eigenvalue weighted by atomic mass is 9.97. The van der Waals surface area contributed by atoms with Crippen molar-refractivity contribution in [2.24, 2.45) is 5.41 Å². The van der Waals surface area contributed by atoms with Crippen molar-refractivity contribution < 1.29 is 14.2 Å². The van der Waals surface area contributed by atoms with Crippen LogP contribution >= 0.6 is 0 Å². The standard InChI is InChI=1S/C21H19NO3/c1-21(2)14-24-19-10-7-17(13-20(19)25-15-21)4-3-16-5-8-18(9-6-16)23-12-11-22/h5-10,13H,12,14-15H2,1-2H3. The average molecular weight is 333 g/mol. The second-order valence-electron chi connectivity index (χ2n) is 6.62. The molecule has 0 fully saturated rings. The van der Waals surface area contributed by atoms with Gasteiger partial charge in [-0.05, 0) is 42.5 Å². The van der Waals surface area contributed by atoms with Crippen molar-refractivity contribution in [1.82, 2.24) is 0 Å². The second-order valence-corrected chi connectivity index (χ2v) is 6.62. The van der Waals surface area contributed by atoms with Gasteiger partial charge in [0.05, 0.1) is 13.2 Å². The topological polar surface area (TPSA) is 51.5 Å². The van der Waals surface area contributed by atoms with Crippen LogP contribution in [0, 0.1) is 28.6 Å². The highest BCUT2D eigenvalue weighted by Gasteiger charge is 2.25. The Kier molecular flexibility index (Phi) is 4.82. The van der Waals surface area contributed by atoms with Gasteiger partial charge in [-0.2, -0.15) is 5.26 Å². The van der Waals surface area contributed by atoms with E-state index >= 15 is 0 Å². The Morgan fingerprint density at radius 2 is 1.60 bits per heavy atom. The van der Waals surface area contributed by atoms with E-state index < -0.39 is 0 Å². The molecule has 0 saturated heterocycles. The van der Waals surface area contributed by atoms with E-state index in [1.165, 1.54) is 0 Å². The summed E-state index contributed by atoms with van der Waals surface area (Å²) in [5.74, 6) is 8.40. The molecule has 0 aromatic heterocycles. The lowest BCUT2D eigenvalue weighted by Gasteiger charge is -2.19. The number of nitrogens with zero attached hydrogens (tertiary/aromatic N) is 1. The van der Waals surface area contributed by atoms with Gasteiger partial charge in [-0.1, -0.05) is 25.7 Å². The molecule has 4 nitrogen and oxygen atoms in total. The summed E-state index contributed by atoms with van der Waals surface area (Å²) < 4.78 is 16.9. The molecular formula is C21H19NO3. The minimum atomic E-state index is -0.0137. The summed E-state index contributed by atoms with van der Waals surface area (Å²) in [4.78, 5) is 0. The molecule has 0 saturated carbocycles. The molecule has 1 heterocycles. The highest BCUT2D eigenvalue weighted by atomic mass is 16.5. The van der Waals surface area contributed by atoms with Crippen LogP contribution in [-0.4, -0.2) is 19.8 Å². The number of nitriles is 1. The van der Waals surface area contributed by atoms with Gasteiger partial charge < -0.3 is 14.2 Å². The zero-order valence-electron chi connectivity index (χ0n) is 14.3. The van der Waals surface area contributed by atoms with Gasteiger partial charge in [0, 0.05) is 16.5 Å². The van der Waals surface area contributed by atoms with E-state index in [1.54, 1.807) is 12.1 Å². The molecule has 0 unspecified atom stereocenters. The molecule has 0 bridgehead atoms. The van der Waals surface area contributed by atoms with Gasteiger partial charge in [0.2, 0.25) is 0 Å². The Labute approximate surface area is 147 Å². The zero-order valence-corrected chi connectivity index (χ0v) is 14.3. The first-order valence-corrected chi connectivity index (χ1v) is 8.07. The van der Waals surface area contributed by atoms with E-state index in [0.717, 1.165) is 22.6 Å². The van der Waals surface area contributed by atoms with Crippen molar-refractivity contribution in [3.05, 3.63) is 53.6 Å². The first-order chi connectivity index (χ1) is 12.1. The monoisotopic (exact) mass is 333 g/mol.